The van der Waals surface area contributed by atoms with E-state index in [9.17, 15) is 9.18 Å². The molecule has 0 aliphatic heterocycles. The SMILES string of the molecule is NC(=O)c1ccnc(NCCc2ccc(F)c(Cl)c2)n1. The maximum absolute atomic E-state index is 13.0. The Morgan fingerprint density at radius 2 is 2.20 bits per heavy atom. The van der Waals surface area contributed by atoms with Gasteiger partial charge in [-0.2, -0.15) is 0 Å². The van der Waals surface area contributed by atoms with Crippen molar-refractivity contribution in [3.63, 3.8) is 0 Å². The Balaban J connectivity index is 1.94. The second-order valence-electron chi connectivity index (χ2n) is 4.05. The van der Waals surface area contributed by atoms with E-state index < -0.39 is 11.7 Å². The minimum Gasteiger partial charge on any atom is -0.364 e. The van der Waals surface area contributed by atoms with Gasteiger partial charge in [0, 0.05) is 12.7 Å². The number of nitrogens with two attached hydrogens (primary N) is 1. The van der Waals surface area contributed by atoms with Crippen molar-refractivity contribution >= 4 is 23.5 Å². The quantitative estimate of drug-likeness (QED) is 0.884. The van der Waals surface area contributed by atoms with Gasteiger partial charge in [0.05, 0.1) is 5.02 Å². The zero-order valence-corrected chi connectivity index (χ0v) is 11.2. The highest BCUT2D eigenvalue weighted by Gasteiger charge is 2.04. The van der Waals surface area contributed by atoms with Crippen molar-refractivity contribution in [2.24, 2.45) is 5.73 Å². The number of nitrogens with one attached hydrogen (secondary N) is 1. The van der Waals surface area contributed by atoms with E-state index in [-0.39, 0.29) is 10.7 Å². The van der Waals surface area contributed by atoms with Crippen molar-refractivity contribution in [2.45, 2.75) is 6.42 Å². The zero-order valence-electron chi connectivity index (χ0n) is 10.4. The number of nitrogens with zero attached hydrogens (tertiary/aromatic N) is 2. The molecule has 0 unspecified atom stereocenters. The van der Waals surface area contributed by atoms with Crippen molar-refractivity contribution in [2.75, 3.05) is 11.9 Å². The molecule has 3 N–H and O–H groups in total. The molecule has 0 spiro atoms. The fraction of sp³-hybridized carbons (Fsp3) is 0.154. The van der Waals surface area contributed by atoms with Crippen LogP contribution in [0.5, 0.6) is 0 Å². The molecule has 2 aromatic rings. The number of carbonyl (C=O) groups is 1. The molecule has 0 aliphatic rings. The Kier molecular flexibility index (Phi) is 4.47. The van der Waals surface area contributed by atoms with Crippen LogP contribution in [0.2, 0.25) is 5.02 Å². The van der Waals surface area contributed by atoms with Gasteiger partial charge in [0.25, 0.3) is 5.91 Å². The lowest BCUT2D eigenvalue weighted by atomic mass is 10.1. The number of rotatable bonds is 5. The minimum absolute atomic E-state index is 0.0921. The van der Waals surface area contributed by atoms with Gasteiger partial charge in [-0.15, -0.1) is 0 Å². The minimum atomic E-state index is -0.610. The first-order chi connectivity index (χ1) is 9.56. The average molecular weight is 295 g/mol. The summed E-state index contributed by atoms with van der Waals surface area (Å²) in [6.45, 7) is 0.518. The van der Waals surface area contributed by atoms with E-state index in [4.69, 9.17) is 17.3 Å². The summed E-state index contributed by atoms with van der Waals surface area (Å²) in [4.78, 5) is 18.9. The van der Waals surface area contributed by atoms with Crippen LogP contribution in [0.25, 0.3) is 0 Å². The van der Waals surface area contributed by atoms with Crippen molar-refractivity contribution < 1.29 is 9.18 Å². The Labute approximate surface area is 120 Å². The van der Waals surface area contributed by atoms with E-state index in [2.05, 4.69) is 15.3 Å². The van der Waals surface area contributed by atoms with E-state index in [1.54, 1.807) is 12.1 Å². The van der Waals surface area contributed by atoms with Gasteiger partial charge in [0.1, 0.15) is 11.5 Å². The lowest BCUT2D eigenvalue weighted by Gasteiger charge is -2.06. The van der Waals surface area contributed by atoms with Crippen LogP contribution in [0.1, 0.15) is 16.1 Å². The third-order valence-corrected chi connectivity index (χ3v) is 2.88. The number of anilines is 1. The third kappa shape index (κ3) is 3.64. The summed E-state index contributed by atoms with van der Waals surface area (Å²) in [5.74, 6) is -0.740. The van der Waals surface area contributed by atoms with Gasteiger partial charge < -0.3 is 11.1 Å². The van der Waals surface area contributed by atoms with Gasteiger partial charge in [-0.25, -0.2) is 14.4 Å². The number of primary amides is 1. The standard InChI is InChI=1S/C13H12ClFN4O/c14-9-7-8(1-2-10(9)15)3-5-17-13-18-6-4-11(19-13)12(16)20/h1-2,4,6-7H,3,5H2,(H2,16,20)(H,17,18,19). The van der Waals surface area contributed by atoms with Crippen LogP contribution in [0.15, 0.2) is 30.5 Å². The summed E-state index contributed by atoms with van der Waals surface area (Å²) in [7, 11) is 0. The summed E-state index contributed by atoms with van der Waals surface area (Å²) in [5.41, 5.74) is 6.16. The van der Waals surface area contributed by atoms with E-state index in [0.717, 1.165) is 5.56 Å². The lowest BCUT2D eigenvalue weighted by molar-refractivity contribution is 0.0995. The van der Waals surface area contributed by atoms with Crippen LogP contribution in [-0.2, 0) is 6.42 Å². The highest BCUT2D eigenvalue weighted by molar-refractivity contribution is 6.30. The fourth-order valence-corrected chi connectivity index (χ4v) is 1.80. The molecule has 1 heterocycles. The predicted octanol–water partition coefficient (Wildman–Crippen LogP) is 2.02. The van der Waals surface area contributed by atoms with Crippen LogP contribution in [0.4, 0.5) is 10.3 Å². The molecule has 104 valence electrons. The first-order valence-corrected chi connectivity index (χ1v) is 6.24. The van der Waals surface area contributed by atoms with Gasteiger partial charge in [0.15, 0.2) is 0 Å². The van der Waals surface area contributed by atoms with Crippen LogP contribution in [0.3, 0.4) is 0 Å². The number of aromatic nitrogens is 2. The molecule has 0 radical (unpaired) electrons. The second-order valence-corrected chi connectivity index (χ2v) is 4.46. The molecule has 0 atom stereocenters. The van der Waals surface area contributed by atoms with Gasteiger partial charge in [-0.1, -0.05) is 17.7 Å². The zero-order chi connectivity index (χ0) is 14.5. The largest absolute Gasteiger partial charge is 0.364 e. The molecular weight excluding hydrogens is 283 g/mol. The second kappa shape index (κ2) is 6.29. The molecule has 0 bridgehead atoms. The Bertz CT molecular complexity index is 636. The molecule has 7 heteroatoms. The first-order valence-electron chi connectivity index (χ1n) is 5.87. The van der Waals surface area contributed by atoms with E-state index in [1.807, 2.05) is 0 Å². The summed E-state index contributed by atoms with van der Waals surface area (Å²) >= 11 is 5.69. The molecule has 2 rings (SSSR count). The predicted molar refractivity (Wildman–Crippen MR) is 74.2 cm³/mol. The first kappa shape index (κ1) is 14.2. The lowest BCUT2D eigenvalue weighted by Crippen LogP contribution is -2.15. The molecule has 0 saturated carbocycles. The van der Waals surface area contributed by atoms with Gasteiger partial charge in [-0.3, -0.25) is 4.79 Å². The van der Waals surface area contributed by atoms with Crippen molar-refractivity contribution in [1.29, 1.82) is 0 Å². The monoisotopic (exact) mass is 294 g/mol. The number of hydrogen-bond donors (Lipinski definition) is 2. The molecule has 0 saturated heterocycles. The summed E-state index contributed by atoms with van der Waals surface area (Å²) < 4.78 is 13.0. The smallest absolute Gasteiger partial charge is 0.267 e. The normalized spacial score (nSPS) is 10.3. The number of benzene rings is 1. The molecule has 0 fully saturated rings. The Morgan fingerprint density at radius 1 is 1.40 bits per heavy atom. The number of carbonyl (C=O) groups excluding carboxylic acids is 1. The van der Waals surface area contributed by atoms with E-state index in [0.29, 0.717) is 18.9 Å². The van der Waals surface area contributed by atoms with Crippen LogP contribution in [-0.4, -0.2) is 22.4 Å². The van der Waals surface area contributed by atoms with Gasteiger partial charge in [-0.05, 0) is 30.2 Å². The molecule has 20 heavy (non-hydrogen) atoms. The number of halogens is 2. The average Bonchev–Trinajstić information content (AvgIpc) is 2.43. The Hall–Kier alpha value is -2.21. The van der Waals surface area contributed by atoms with Gasteiger partial charge in [0.2, 0.25) is 5.95 Å². The number of hydrogen-bond acceptors (Lipinski definition) is 4. The molecular formula is C13H12ClFN4O. The maximum Gasteiger partial charge on any atom is 0.267 e. The summed E-state index contributed by atoms with van der Waals surface area (Å²) in [6.07, 6.45) is 2.06. The summed E-state index contributed by atoms with van der Waals surface area (Å²) in [5, 5.41) is 3.05. The molecule has 1 amide bonds. The molecule has 0 aliphatic carbocycles. The molecule has 1 aromatic heterocycles. The van der Waals surface area contributed by atoms with Crippen molar-refractivity contribution in [1.82, 2.24) is 9.97 Å². The Morgan fingerprint density at radius 3 is 2.90 bits per heavy atom. The third-order valence-electron chi connectivity index (χ3n) is 2.59. The highest BCUT2D eigenvalue weighted by Crippen LogP contribution is 2.16. The van der Waals surface area contributed by atoms with Gasteiger partial charge >= 0.3 is 0 Å². The molecule has 5 nitrogen and oxygen atoms in total. The fourth-order valence-electron chi connectivity index (χ4n) is 1.59. The van der Waals surface area contributed by atoms with E-state index >= 15 is 0 Å². The topological polar surface area (TPSA) is 80.9 Å². The molecule has 1 aromatic carbocycles. The highest BCUT2D eigenvalue weighted by atomic mass is 35.5. The number of amides is 1. The maximum atomic E-state index is 13.0. The van der Waals surface area contributed by atoms with Crippen molar-refractivity contribution in [3.05, 3.63) is 52.6 Å². The summed E-state index contributed by atoms with van der Waals surface area (Å²) in [6, 6.07) is 5.98. The van der Waals surface area contributed by atoms with Crippen LogP contribution in [0, 0.1) is 5.82 Å². The van der Waals surface area contributed by atoms with Crippen molar-refractivity contribution in [3.8, 4) is 0 Å². The van der Waals surface area contributed by atoms with Crippen LogP contribution < -0.4 is 11.1 Å². The van der Waals surface area contributed by atoms with Crippen LogP contribution >= 0.6 is 11.6 Å². The van der Waals surface area contributed by atoms with E-state index in [1.165, 1.54) is 18.3 Å².